The molecule has 0 saturated carbocycles. The van der Waals surface area contributed by atoms with Gasteiger partial charge >= 0.3 is 0 Å². The number of anilines is 3. The summed E-state index contributed by atoms with van der Waals surface area (Å²) in [5, 5.41) is 7.58. The molecule has 1 aliphatic carbocycles. The highest BCUT2D eigenvalue weighted by Gasteiger charge is 2.36. The van der Waals surface area contributed by atoms with Crippen LogP contribution in [0.2, 0.25) is 0 Å². The van der Waals surface area contributed by atoms with Gasteiger partial charge in [0.25, 0.3) is 0 Å². The number of hydrogen-bond donors (Lipinski definition) is 0. The van der Waals surface area contributed by atoms with E-state index in [9.17, 15) is 0 Å². The van der Waals surface area contributed by atoms with Crippen molar-refractivity contribution < 1.29 is 0 Å². The van der Waals surface area contributed by atoms with Crippen LogP contribution in [0.3, 0.4) is 0 Å². The van der Waals surface area contributed by atoms with Crippen molar-refractivity contribution in [3.8, 4) is 39.1 Å². The Balaban J connectivity index is 1.05. The van der Waals surface area contributed by atoms with Gasteiger partial charge in [0, 0.05) is 64.4 Å². The average molecular weight is 835 g/mol. The lowest BCUT2D eigenvalue weighted by Crippen LogP contribution is -2.16. The van der Waals surface area contributed by atoms with Crippen molar-refractivity contribution in [2.75, 3.05) is 4.90 Å². The Morgan fingerprint density at radius 2 is 1.06 bits per heavy atom. The molecule has 0 radical (unpaired) electrons. The molecular weight excluding hydrogens is 793 g/mol. The van der Waals surface area contributed by atoms with E-state index < -0.39 is 0 Å². The Hall–Kier alpha value is -7.72. The standard InChI is InChI=1S/C61H42N2S/c1-61(2)53-26-11-8-23-47(53)48-35-34-45(37-54(48)61)62(43-32-30-40(31-33-43)39-16-4-3-5-17-39)44-21-14-20-42(36-44)51-38-52-49-24-9-12-27-56(49)63(55-28-15-19-41-18-6-7-22-46(41)55)59(52)58-50-25-10-13-29-57(50)64-60(51)58/h3-38H,1-2H3. The molecule has 0 amide bonds. The van der Waals surface area contributed by atoms with E-state index in [1.165, 1.54) is 103 Å². The number of thiophene rings is 1. The molecule has 10 aromatic carbocycles. The summed E-state index contributed by atoms with van der Waals surface area (Å²) in [7, 11) is 0. The van der Waals surface area contributed by atoms with Crippen LogP contribution in [0.15, 0.2) is 218 Å². The Labute approximate surface area is 376 Å². The molecule has 0 N–H and O–H groups in total. The zero-order chi connectivity index (χ0) is 42.5. The van der Waals surface area contributed by atoms with Gasteiger partial charge in [0.2, 0.25) is 0 Å². The summed E-state index contributed by atoms with van der Waals surface area (Å²) in [4.78, 5) is 2.45. The monoisotopic (exact) mass is 834 g/mol. The quantitative estimate of drug-likeness (QED) is 0.162. The van der Waals surface area contributed by atoms with Crippen LogP contribution in [0.5, 0.6) is 0 Å². The molecule has 1 aliphatic rings. The molecule has 0 fully saturated rings. The predicted octanol–water partition coefficient (Wildman–Crippen LogP) is 17.4. The van der Waals surface area contributed by atoms with E-state index >= 15 is 0 Å². The Kier molecular flexibility index (Phi) is 8.16. The first-order chi connectivity index (χ1) is 31.5. The van der Waals surface area contributed by atoms with Crippen LogP contribution in [0.25, 0.3) is 91.8 Å². The summed E-state index contributed by atoms with van der Waals surface area (Å²) in [6, 6.07) is 80.8. The van der Waals surface area contributed by atoms with Crippen molar-refractivity contribution in [2.24, 2.45) is 0 Å². The summed E-state index contributed by atoms with van der Waals surface area (Å²) in [6.07, 6.45) is 0. The molecule has 2 heterocycles. The van der Waals surface area contributed by atoms with E-state index in [1.54, 1.807) is 0 Å². The smallest absolute Gasteiger partial charge is 0.0634 e. The predicted molar refractivity (Wildman–Crippen MR) is 274 cm³/mol. The van der Waals surface area contributed by atoms with Crippen molar-refractivity contribution in [2.45, 2.75) is 19.3 Å². The fraction of sp³-hybridized carbons (Fsp3) is 0.0492. The summed E-state index contributed by atoms with van der Waals surface area (Å²) >= 11 is 1.90. The highest BCUT2D eigenvalue weighted by atomic mass is 32.1. The number of nitrogens with zero attached hydrogens (tertiary/aromatic N) is 2. The zero-order valence-corrected chi connectivity index (χ0v) is 36.4. The molecule has 0 aliphatic heterocycles. The molecular formula is C61H42N2S. The molecule has 0 atom stereocenters. The summed E-state index contributed by atoms with van der Waals surface area (Å²) in [5.74, 6) is 0. The average Bonchev–Trinajstić information content (AvgIpc) is 3.97. The number of para-hydroxylation sites is 1. The lowest BCUT2D eigenvalue weighted by molar-refractivity contribution is 0.660. The van der Waals surface area contributed by atoms with Crippen LogP contribution in [0.4, 0.5) is 17.1 Å². The molecule has 3 heteroatoms. The molecule has 12 aromatic rings. The Bertz CT molecular complexity index is 3810. The van der Waals surface area contributed by atoms with Gasteiger partial charge < -0.3 is 9.47 Å². The van der Waals surface area contributed by atoms with Crippen LogP contribution in [0.1, 0.15) is 25.0 Å². The normalized spacial score (nSPS) is 13.0. The second kappa shape index (κ2) is 14.2. The molecule has 0 spiro atoms. The van der Waals surface area contributed by atoms with Crippen LogP contribution < -0.4 is 4.90 Å². The van der Waals surface area contributed by atoms with Gasteiger partial charge in [-0.2, -0.15) is 0 Å². The van der Waals surface area contributed by atoms with E-state index in [0.29, 0.717) is 0 Å². The van der Waals surface area contributed by atoms with E-state index in [0.717, 1.165) is 17.1 Å². The maximum absolute atomic E-state index is 2.53. The Morgan fingerprint density at radius 3 is 1.94 bits per heavy atom. The molecule has 2 aromatic heterocycles. The van der Waals surface area contributed by atoms with Gasteiger partial charge in [-0.05, 0) is 105 Å². The van der Waals surface area contributed by atoms with Crippen molar-refractivity contribution in [1.82, 2.24) is 4.57 Å². The highest BCUT2D eigenvalue weighted by molar-refractivity contribution is 7.26. The number of rotatable bonds is 6. The van der Waals surface area contributed by atoms with Gasteiger partial charge in [0.05, 0.1) is 16.7 Å². The van der Waals surface area contributed by atoms with E-state index in [2.05, 4.69) is 242 Å². The molecule has 0 saturated heterocycles. The number of aromatic nitrogens is 1. The van der Waals surface area contributed by atoms with E-state index in [-0.39, 0.29) is 5.41 Å². The van der Waals surface area contributed by atoms with Crippen LogP contribution in [-0.4, -0.2) is 4.57 Å². The lowest BCUT2D eigenvalue weighted by atomic mass is 9.82. The number of benzene rings is 10. The van der Waals surface area contributed by atoms with Gasteiger partial charge in [0.1, 0.15) is 0 Å². The maximum Gasteiger partial charge on any atom is 0.0634 e. The van der Waals surface area contributed by atoms with Gasteiger partial charge in [-0.3, -0.25) is 0 Å². The second-order valence-electron chi connectivity index (χ2n) is 17.7. The van der Waals surface area contributed by atoms with Crippen molar-refractivity contribution >= 4 is 81.1 Å². The highest BCUT2D eigenvalue weighted by Crippen LogP contribution is 2.52. The van der Waals surface area contributed by atoms with Crippen LogP contribution in [-0.2, 0) is 5.41 Å². The first-order valence-electron chi connectivity index (χ1n) is 22.2. The maximum atomic E-state index is 2.53. The van der Waals surface area contributed by atoms with Crippen molar-refractivity contribution in [3.63, 3.8) is 0 Å². The minimum atomic E-state index is -0.125. The van der Waals surface area contributed by atoms with Gasteiger partial charge in [-0.1, -0.05) is 172 Å². The zero-order valence-electron chi connectivity index (χ0n) is 35.6. The molecule has 0 unspecified atom stereocenters. The molecule has 13 rings (SSSR count). The summed E-state index contributed by atoms with van der Waals surface area (Å²) in [5.41, 5.74) is 17.2. The third-order valence-electron chi connectivity index (χ3n) is 13.8. The molecule has 0 bridgehead atoms. The van der Waals surface area contributed by atoms with Crippen molar-refractivity contribution in [3.05, 3.63) is 230 Å². The minimum Gasteiger partial charge on any atom is -0.310 e. The van der Waals surface area contributed by atoms with Crippen LogP contribution >= 0.6 is 11.3 Å². The van der Waals surface area contributed by atoms with Gasteiger partial charge in [0.15, 0.2) is 0 Å². The number of fused-ring (bicyclic) bond motifs is 11. The fourth-order valence-corrected chi connectivity index (χ4v) is 12.0. The van der Waals surface area contributed by atoms with E-state index in [1.807, 2.05) is 11.3 Å². The SMILES string of the molecule is CC1(C)c2ccccc2-c2ccc(N(c3ccc(-c4ccccc4)cc3)c3cccc(-c4cc5c6ccccc6n(-c6cccc7ccccc67)c5c5c4sc4ccccc45)c3)cc21. The Morgan fingerprint density at radius 1 is 0.422 bits per heavy atom. The lowest BCUT2D eigenvalue weighted by Gasteiger charge is -2.28. The molecule has 2 nitrogen and oxygen atoms in total. The first kappa shape index (κ1) is 36.9. The van der Waals surface area contributed by atoms with Gasteiger partial charge in [-0.25, -0.2) is 0 Å². The third-order valence-corrected chi connectivity index (χ3v) is 15.0. The second-order valence-corrected chi connectivity index (χ2v) is 18.7. The summed E-state index contributed by atoms with van der Waals surface area (Å²) < 4.78 is 5.12. The van der Waals surface area contributed by atoms with Crippen LogP contribution in [0, 0.1) is 0 Å². The van der Waals surface area contributed by atoms with Gasteiger partial charge in [-0.15, -0.1) is 11.3 Å². The summed E-state index contributed by atoms with van der Waals surface area (Å²) in [6.45, 7) is 4.73. The fourth-order valence-electron chi connectivity index (χ4n) is 10.7. The van der Waals surface area contributed by atoms with Crippen molar-refractivity contribution in [1.29, 1.82) is 0 Å². The van der Waals surface area contributed by atoms with E-state index in [4.69, 9.17) is 0 Å². The topological polar surface area (TPSA) is 8.17 Å². The minimum absolute atomic E-state index is 0.125. The first-order valence-corrected chi connectivity index (χ1v) is 23.0. The molecule has 302 valence electrons. The molecule has 64 heavy (non-hydrogen) atoms. The number of hydrogen-bond acceptors (Lipinski definition) is 2. The largest absolute Gasteiger partial charge is 0.310 e. The third kappa shape index (κ3) is 5.51.